The van der Waals surface area contributed by atoms with Gasteiger partial charge in [-0.15, -0.1) is 0 Å². The van der Waals surface area contributed by atoms with Gasteiger partial charge < -0.3 is 20.1 Å². The maximum absolute atomic E-state index is 11.9. The van der Waals surface area contributed by atoms with Gasteiger partial charge in [0.1, 0.15) is 11.5 Å². The van der Waals surface area contributed by atoms with Crippen LogP contribution in [0.4, 0.5) is 5.69 Å². The summed E-state index contributed by atoms with van der Waals surface area (Å²) in [6, 6.07) is 13.0. The molecule has 1 amide bonds. The Bertz CT molecular complexity index is 674. The van der Waals surface area contributed by atoms with Gasteiger partial charge in [-0.05, 0) is 48.9 Å². The predicted octanol–water partition coefficient (Wildman–Crippen LogP) is 3.13. The molecule has 0 saturated heterocycles. The number of hydrogen-bond acceptors (Lipinski definition) is 4. The van der Waals surface area contributed by atoms with Gasteiger partial charge in [0.15, 0.2) is 0 Å². The van der Waals surface area contributed by atoms with Gasteiger partial charge >= 0.3 is 0 Å². The highest BCUT2D eigenvalue weighted by atomic mass is 35.5. The van der Waals surface area contributed by atoms with Crippen LogP contribution in [0.3, 0.4) is 0 Å². The van der Waals surface area contributed by atoms with E-state index in [-0.39, 0.29) is 12.5 Å². The van der Waals surface area contributed by atoms with Crippen LogP contribution in [-0.4, -0.2) is 33.2 Å². The predicted molar refractivity (Wildman–Crippen MR) is 96.2 cm³/mol. The molecule has 0 unspecified atom stereocenters. The molecular weight excluding hydrogens is 328 g/mol. The molecule has 2 N–H and O–H groups in total. The van der Waals surface area contributed by atoms with Crippen LogP contribution in [0.5, 0.6) is 11.5 Å². The molecule has 0 fully saturated rings. The topological polar surface area (TPSA) is 59.6 Å². The van der Waals surface area contributed by atoms with E-state index < -0.39 is 0 Å². The molecule has 2 rings (SSSR count). The van der Waals surface area contributed by atoms with E-state index in [0.29, 0.717) is 23.0 Å². The molecule has 24 heavy (non-hydrogen) atoms. The van der Waals surface area contributed by atoms with Crippen molar-refractivity contribution in [2.24, 2.45) is 0 Å². The van der Waals surface area contributed by atoms with Gasteiger partial charge in [0.2, 0.25) is 5.91 Å². The first-order valence-electron chi connectivity index (χ1n) is 7.59. The molecule has 0 radical (unpaired) electrons. The summed E-state index contributed by atoms with van der Waals surface area (Å²) in [5.74, 6) is 1.29. The van der Waals surface area contributed by atoms with Gasteiger partial charge in [-0.25, -0.2) is 0 Å². The number of methoxy groups -OCH3 is 2. The van der Waals surface area contributed by atoms with E-state index in [2.05, 4.69) is 10.6 Å². The number of anilines is 1. The Labute approximate surface area is 146 Å². The molecule has 0 atom stereocenters. The maximum atomic E-state index is 11.9. The fraction of sp³-hybridized carbons (Fsp3) is 0.278. The summed E-state index contributed by atoms with van der Waals surface area (Å²) in [5, 5.41) is 6.37. The molecule has 0 bridgehead atoms. The van der Waals surface area contributed by atoms with Crippen LogP contribution in [0.1, 0.15) is 5.56 Å². The average Bonchev–Trinajstić information content (AvgIpc) is 2.59. The van der Waals surface area contributed by atoms with Crippen LogP contribution in [0.25, 0.3) is 0 Å². The maximum Gasteiger partial charge on any atom is 0.238 e. The van der Waals surface area contributed by atoms with Crippen molar-refractivity contribution in [3.8, 4) is 11.5 Å². The summed E-state index contributed by atoms with van der Waals surface area (Å²) in [7, 11) is 3.19. The highest BCUT2D eigenvalue weighted by Gasteiger charge is 2.05. The highest BCUT2D eigenvalue weighted by molar-refractivity contribution is 6.32. The lowest BCUT2D eigenvalue weighted by Crippen LogP contribution is -2.29. The summed E-state index contributed by atoms with van der Waals surface area (Å²) < 4.78 is 10.2. The minimum absolute atomic E-state index is 0.119. The molecule has 5 nitrogen and oxygen atoms in total. The van der Waals surface area contributed by atoms with Gasteiger partial charge in [0, 0.05) is 5.69 Å². The molecule has 0 heterocycles. The smallest absolute Gasteiger partial charge is 0.238 e. The molecule has 2 aromatic carbocycles. The molecule has 6 heteroatoms. The van der Waals surface area contributed by atoms with Crippen LogP contribution in [0.2, 0.25) is 5.02 Å². The standard InChI is InChI=1S/C18H21ClN2O3/c1-23-15-6-3-13(4-7-15)9-10-20-12-18(22)21-14-5-8-17(24-2)16(19)11-14/h3-8,11,20H,9-10,12H2,1-2H3,(H,21,22). The van der Waals surface area contributed by atoms with Crippen molar-refractivity contribution in [2.45, 2.75) is 6.42 Å². The van der Waals surface area contributed by atoms with E-state index in [4.69, 9.17) is 21.1 Å². The van der Waals surface area contributed by atoms with E-state index in [9.17, 15) is 4.79 Å². The Hall–Kier alpha value is -2.24. The Kier molecular flexibility index (Phi) is 6.90. The Morgan fingerprint density at radius 2 is 1.83 bits per heavy atom. The number of ether oxygens (including phenoxy) is 2. The van der Waals surface area contributed by atoms with Crippen LogP contribution < -0.4 is 20.1 Å². The molecule has 0 spiro atoms. The molecule has 0 aliphatic heterocycles. The molecular formula is C18H21ClN2O3. The molecule has 128 valence electrons. The van der Waals surface area contributed by atoms with Crippen molar-refractivity contribution in [2.75, 3.05) is 32.6 Å². The summed E-state index contributed by atoms with van der Waals surface area (Å²) in [4.78, 5) is 11.9. The van der Waals surface area contributed by atoms with Gasteiger partial charge in [-0.3, -0.25) is 4.79 Å². The second kappa shape index (κ2) is 9.15. The van der Waals surface area contributed by atoms with Crippen LogP contribution in [-0.2, 0) is 11.2 Å². The van der Waals surface area contributed by atoms with Crippen molar-refractivity contribution < 1.29 is 14.3 Å². The van der Waals surface area contributed by atoms with Crippen molar-refractivity contribution in [3.05, 3.63) is 53.1 Å². The monoisotopic (exact) mass is 348 g/mol. The van der Waals surface area contributed by atoms with E-state index in [1.54, 1.807) is 32.4 Å². The zero-order valence-corrected chi connectivity index (χ0v) is 14.5. The Morgan fingerprint density at radius 1 is 1.08 bits per heavy atom. The lowest BCUT2D eigenvalue weighted by molar-refractivity contribution is -0.115. The fourth-order valence-corrected chi connectivity index (χ4v) is 2.43. The first-order valence-corrected chi connectivity index (χ1v) is 7.97. The van der Waals surface area contributed by atoms with Crippen LogP contribution in [0.15, 0.2) is 42.5 Å². The number of rotatable bonds is 8. The first kappa shape index (κ1) is 18.1. The molecule has 0 aromatic heterocycles. The number of carbonyl (C=O) groups is 1. The summed E-state index contributed by atoms with van der Waals surface area (Å²) in [6.45, 7) is 0.947. The quantitative estimate of drug-likeness (QED) is 0.720. The third kappa shape index (κ3) is 5.44. The van der Waals surface area contributed by atoms with Crippen molar-refractivity contribution in [3.63, 3.8) is 0 Å². The third-order valence-corrected chi connectivity index (χ3v) is 3.77. The number of carbonyl (C=O) groups excluding carboxylic acids is 1. The zero-order chi connectivity index (χ0) is 17.4. The molecule has 2 aromatic rings. The minimum Gasteiger partial charge on any atom is -0.497 e. The normalized spacial score (nSPS) is 10.3. The van der Waals surface area contributed by atoms with E-state index >= 15 is 0 Å². The largest absolute Gasteiger partial charge is 0.497 e. The number of amides is 1. The second-order valence-corrected chi connectivity index (χ2v) is 5.58. The van der Waals surface area contributed by atoms with E-state index in [1.807, 2.05) is 24.3 Å². The lowest BCUT2D eigenvalue weighted by Gasteiger charge is -2.09. The Balaban J connectivity index is 1.72. The lowest BCUT2D eigenvalue weighted by atomic mass is 10.1. The Morgan fingerprint density at radius 3 is 2.46 bits per heavy atom. The van der Waals surface area contributed by atoms with Crippen molar-refractivity contribution >= 4 is 23.2 Å². The summed E-state index contributed by atoms with van der Waals surface area (Å²) in [6.07, 6.45) is 0.839. The fourth-order valence-electron chi connectivity index (χ4n) is 2.18. The van der Waals surface area contributed by atoms with Crippen molar-refractivity contribution in [1.82, 2.24) is 5.32 Å². The number of hydrogen-bond donors (Lipinski definition) is 2. The van der Waals surface area contributed by atoms with Gasteiger partial charge in [0.05, 0.1) is 25.8 Å². The van der Waals surface area contributed by atoms with Crippen LogP contribution >= 0.6 is 11.6 Å². The van der Waals surface area contributed by atoms with Gasteiger partial charge in [-0.1, -0.05) is 23.7 Å². The third-order valence-electron chi connectivity index (χ3n) is 3.47. The molecule has 0 aliphatic carbocycles. The number of halogens is 1. The van der Waals surface area contributed by atoms with E-state index in [1.165, 1.54) is 5.56 Å². The minimum atomic E-state index is -0.119. The van der Waals surface area contributed by atoms with Gasteiger partial charge in [-0.2, -0.15) is 0 Å². The second-order valence-electron chi connectivity index (χ2n) is 5.17. The average molecular weight is 349 g/mol. The number of nitrogens with one attached hydrogen (secondary N) is 2. The molecule has 0 saturated carbocycles. The van der Waals surface area contributed by atoms with Crippen LogP contribution in [0, 0.1) is 0 Å². The zero-order valence-electron chi connectivity index (χ0n) is 13.8. The summed E-state index contributed by atoms with van der Waals surface area (Å²) >= 11 is 6.03. The molecule has 0 aliphatic rings. The first-order chi connectivity index (χ1) is 11.6. The highest BCUT2D eigenvalue weighted by Crippen LogP contribution is 2.27. The SMILES string of the molecule is COc1ccc(CCNCC(=O)Nc2ccc(OC)c(Cl)c2)cc1. The van der Waals surface area contributed by atoms with E-state index in [0.717, 1.165) is 12.2 Å². The van der Waals surface area contributed by atoms with Crippen molar-refractivity contribution in [1.29, 1.82) is 0 Å². The van der Waals surface area contributed by atoms with Gasteiger partial charge in [0.25, 0.3) is 0 Å². The summed E-state index contributed by atoms with van der Waals surface area (Å²) in [5.41, 5.74) is 1.83. The number of benzene rings is 2.